The van der Waals surface area contributed by atoms with Crippen LogP contribution in [0.15, 0.2) is 12.2 Å². The minimum absolute atomic E-state index is 0.0238. The van der Waals surface area contributed by atoms with Crippen LogP contribution in [-0.2, 0) is 0 Å². The molecule has 13 heavy (non-hydrogen) atoms. The Morgan fingerprint density at radius 1 is 1.08 bits per heavy atom. The summed E-state index contributed by atoms with van der Waals surface area (Å²) in [6, 6.07) is 0. The monoisotopic (exact) mass is 204 g/mol. The van der Waals surface area contributed by atoms with Crippen molar-refractivity contribution in [2.24, 2.45) is 0 Å². The van der Waals surface area contributed by atoms with Gasteiger partial charge < -0.3 is 0 Å². The Morgan fingerprint density at radius 3 is 1.92 bits per heavy atom. The second kappa shape index (κ2) is 2.65. The Hall–Kier alpha value is -0.680. The average Bonchev–Trinajstić information content (AvgIpc) is 1.93. The SMILES string of the molecule is FC(F)(F)C1(F)CCC=CC1(F)F. The fourth-order valence-electron chi connectivity index (χ4n) is 1.14. The van der Waals surface area contributed by atoms with Crippen molar-refractivity contribution in [3.8, 4) is 0 Å². The van der Waals surface area contributed by atoms with Gasteiger partial charge in [-0.15, -0.1) is 0 Å². The zero-order valence-corrected chi connectivity index (χ0v) is 6.34. The molecule has 0 aromatic heterocycles. The molecule has 0 amide bonds. The van der Waals surface area contributed by atoms with Crippen molar-refractivity contribution in [2.45, 2.75) is 30.6 Å². The van der Waals surface area contributed by atoms with Gasteiger partial charge in [0, 0.05) is 6.42 Å². The molecule has 0 nitrogen and oxygen atoms in total. The van der Waals surface area contributed by atoms with Crippen molar-refractivity contribution < 1.29 is 26.3 Å². The summed E-state index contributed by atoms with van der Waals surface area (Å²) in [5.74, 6) is -4.45. The second-order valence-corrected chi connectivity index (χ2v) is 2.86. The number of hydrogen-bond acceptors (Lipinski definition) is 0. The highest BCUT2D eigenvalue weighted by molar-refractivity contribution is 5.15. The molecule has 0 bridgehead atoms. The lowest BCUT2D eigenvalue weighted by atomic mass is 9.87. The van der Waals surface area contributed by atoms with Crippen LogP contribution in [0.3, 0.4) is 0 Å². The zero-order valence-electron chi connectivity index (χ0n) is 6.34. The van der Waals surface area contributed by atoms with Crippen LogP contribution in [0.5, 0.6) is 0 Å². The van der Waals surface area contributed by atoms with Crippen LogP contribution in [0.4, 0.5) is 26.3 Å². The first-order valence-electron chi connectivity index (χ1n) is 3.52. The van der Waals surface area contributed by atoms with Crippen LogP contribution >= 0.6 is 0 Å². The van der Waals surface area contributed by atoms with Crippen molar-refractivity contribution in [1.82, 2.24) is 0 Å². The Morgan fingerprint density at radius 2 is 1.62 bits per heavy atom. The summed E-state index contributed by atoms with van der Waals surface area (Å²) < 4.78 is 73.9. The summed E-state index contributed by atoms with van der Waals surface area (Å²) in [5, 5.41) is 0. The molecular weight excluding hydrogens is 198 g/mol. The highest BCUT2D eigenvalue weighted by Gasteiger charge is 2.70. The topological polar surface area (TPSA) is 0 Å². The van der Waals surface area contributed by atoms with E-state index in [9.17, 15) is 26.3 Å². The van der Waals surface area contributed by atoms with Gasteiger partial charge in [0.1, 0.15) is 0 Å². The molecule has 76 valence electrons. The number of rotatable bonds is 0. The number of halogens is 6. The minimum Gasteiger partial charge on any atom is -0.227 e. The van der Waals surface area contributed by atoms with Crippen LogP contribution in [0.1, 0.15) is 12.8 Å². The summed E-state index contributed by atoms with van der Waals surface area (Å²) in [5.41, 5.74) is -4.41. The number of hydrogen-bond donors (Lipinski definition) is 0. The lowest BCUT2D eigenvalue weighted by Gasteiger charge is -2.35. The van der Waals surface area contributed by atoms with Gasteiger partial charge in [0.15, 0.2) is 0 Å². The third-order valence-corrected chi connectivity index (χ3v) is 1.96. The molecule has 0 aliphatic heterocycles. The highest BCUT2D eigenvalue weighted by Crippen LogP contribution is 2.50. The molecule has 1 rings (SSSR count). The fraction of sp³-hybridized carbons (Fsp3) is 0.714. The lowest BCUT2D eigenvalue weighted by Crippen LogP contribution is -2.55. The highest BCUT2D eigenvalue weighted by atomic mass is 19.4. The molecule has 1 aliphatic rings. The third kappa shape index (κ3) is 1.42. The quantitative estimate of drug-likeness (QED) is 0.419. The summed E-state index contributed by atoms with van der Waals surface area (Å²) in [6.07, 6.45) is -6.25. The molecule has 1 unspecified atom stereocenters. The molecule has 0 radical (unpaired) electrons. The Labute approximate surface area is 70.2 Å². The van der Waals surface area contributed by atoms with Gasteiger partial charge in [-0.1, -0.05) is 6.08 Å². The van der Waals surface area contributed by atoms with E-state index < -0.39 is 24.2 Å². The molecule has 0 fully saturated rings. The maximum atomic E-state index is 12.9. The molecule has 0 saturated carbocycles. The van der Waals surface area contributed by atoms with Crippen LogP contribution < -0.4 is 0 Å². The van der Waals surface area contributed by atoms with Gasteiger partial charge in [-0.2, -0.15) is 22.0 Å². The Bertz CT molecular complexity index is 228. The molecular formula is C7H6F6. The maximum absolute atomic E-state index is 12.9. The van der Waals surface area contributed by atoms with E-state index in [4.69, 9.17) is 0 Å². The van der Waals surface area contributed by atoms with Gasteiger partial charge in [-0.3, -0.25) is 0 Å². The van der Waals surface area contributed by atoms with Crippen molar-refractivity contribution in [2.75, 3.05) is 0 Å². The van der Waals surface area contributed by atoms with Crippen molar-refractivity contribution in [1.29, 1.82) is 0 Å². The normalized spacial score (nSPS) is 33.4. The fourth-order valence-corrected chi connectivity index (χ4v) is 1.14. The number of alkyl halides is 6. The predicted octanol–water partition coefficient (Wildman–Crippen LogP) is 3.24. The summed E-state index contributed by atoms with van der Waals surface area (Å²) in [6.45, 7) is 0. The lowest BCUT2D eigenvalue weighted by molar-refractivity contribution is -0.293. The molecule has 0 saturated heterocycles. The molecule has 1 aliphatic carbocycles. The van der Waals surface area contributed by atoms with E-state index in [1.807, 2.05) is 0 Å². The predicted molar refractivity (Wildman–Crippen MR) is 33.2 cm³/mol. The van der Waals surface area contributed by atoms with Crippen LogP contribution in [0, 0.1) is 0 Å². The molecule has 0 heterocycles. The molecule has 0 aromatic carbocycles. The summed E-state index contributed by atoms with van der Waals surface area (Å²) >= 11 is 0. The molecule has 0 spiro atoms. The molecule has 6 heteroatoms. The van der Waals surface area contributed by atoms with Crippen molar-refractivity contribution in [3.63, 3.8) is 0 Å². The van der Waals surface area contributed by atoms with Crippen LogP contribution in [0.25, 0.3) is 0 Å². The average molecular weight is 204 g/mol. The van der Waals surface area contributed by atoms with Gasteiger partial charge in [0.2, 0.25) is 0 Å². The third-order valence-electron chi connectivity index (χ3n) is 1.96. The van der Waals surface area contributed by atoms with E-state index in [0.29, 0.717) is 0 Å². The number of allylic oxidation sites excluding steroid dienone is 2. The van der Waals surface area contributed by atoms with Crippen LogP contribution in [-0.4, -0.2) is 17.8 Å². The van der Waals surface area contributed by atoms with Gasteiger partial charge in [-0.25, -0.2) is 4.39 Å². The molecule has 0 N–H and O–H groups in total. The smallest absolute Gasteiger partial charge is 0.227 e. The first-order chi connectivity index (χ1) is 5.71. The van der Waals surface area contributed by atoms with E-state index in [1.165, 1.54) is 0 Å². The summed E-state index contributed by atoms with van der Waals surface area (Å²) in [4.78, 5) is 0. The van der Waals surface area contributed by atoms with Crippen molar-refractivity contribution >= 4 is 0 Å². The first-order valence-corrected chi connectivity index (χ1v) is 3.52. The van der Waals surface area contributed by atoms with Gasteiger partial charge in [-0.05, 0) is 12.5 Å². The van der Waals surface area contributed by atoms with E-state index in [2.05, 4.69) is 0 Å². The molecule has 1 atom stereocenters. The van der Waals surface area contributed by atoms with Crippen LogP contribution in [0.2, 0.25) is 0 Å². The largest absolute Gasteiger partial charge is 0.428 e. The van der Waals surface area contributed by atoms with E-state index in [0.717, 1.165) is 6.08 Å². The summed E-state index contributed by atoms with van der Waals surface area (Å²) in [7, 11) is 0. The zero-order chi connectivity index (χ0) is 10.3. The van der Waals surface area contributed by atoms with E-state index in [1.54, 1.807) is 0 Å². The van der Waals surface area contributed by atoms with E-state index >= 15 is 0 Å². The Kier molecular flexibility index (Phi) is 2.12. The first kappa shape index (κ1) is 10.4. The van der Waals surface area contributed by atoms with Gasteiger partial charge in [0.05, 0.1) is 0 Å². The molecule has 0 aromatic rings. The maximum Gasteiger partial charge on any atom is 0.428 e. The van der Waals surface area contributed by atoms with Gasteiger partial charge in [0.25, 0.3) is 5.67 Å². The minimum atomic E-state index is -5.53. The Balaban J connectivity index is 3.09. The second-order valence-electron chi connectivity index (χ2n) is 2.86. The van der Waals surface area contributed by atoms with E-state index in [-0.39, 0.29) is 12.5 Å². The standard InChI is InChI=1S/C7H6F6/c8-5(7(11,12)13)3-1-2-4-6(5,9)10/h2,4H,1,3H2. The van der Waals surface area contributed by atoms with Gasteiger partial charge >= 0.3 is 12.1 Å². The van der Waals surface area contributed by atoms with Crippen molar-refractivity contribution in [3.05, 3.63) is 12.2 Å².